The van der Waals surface area contributed by atoms with E-state index in [0.29, 0.717) is 6.10 Å². The molecule has 0 aliphatic carbocycles. The molecule has 5 heteroatoms. The first-order chi connectivity index (χ1) is 12.0. The second kappa shape index (κ2) is 8.47. The highest BCUT2D eigenvalue weighted by Gasteiger charge is 2.29. The summed E-state index contributed by atoms with van der Waals surface area (Å²) in [7, 11) is 2.33. The summed E-state index contributed by atoms with van der Waals surface area (Å²) in [5.74, 6) is 0. The van der Waals surface area contributed by atoms with Gasteiger partial charge in [0, 0.05) is 38.2 Å². The smallest absolute Gasteiger partial charge is 0.173 e. The first kappa shape index (κ1) is 18.6. The van der Waals surface area contributed by atoms with Crippen LogP contribution in [-0.4, -0.2) is 55.4 Å². The molecule has 1 aromatic carbocycles. The predicted molar refractivity (Wildman–Crippen MR) is 107 cm³/mol. The summed E-state index contributed by atoms with van der Waals surface area (Å²) in [6.07, 6.45) is 5.35. The zero-order valence-corrected chi connectivity index (χ0v) is 16.6. The first-order valence-electron chi connectivity index (χ1n) is 9.60. The van der Waals surface area contributed by atoms with Crippen molar-refractivity contribution in [2.24, 2.45) is 0 Å². The molecule has 2 atom stereocenters. The van der Waals surface area contributed by atoms with Crippen molar-refractivity contribution >= 4 is 23.0 Å². The van der Waals surface area contributed by atoms with Crippen LogP contribution in [0.2, 0.25) is 0 Å². The standard InChI is InChI=1S/C20H31N3OS/c1-15-6-7-17(13-16(15)2)21-20(25)23-10-8-18(9-11-23)22(3)14-19-5-4-12-24-19/h6-7,13,18-19H,4-5,8-12,14H2,1-3H3,(H,21,25)/p+1. The van der Waals surface area contributed by atoms with E-state index in [9.17, 15) is 0 Å². The van der Waals surface area contributed by atoms with Gasteiger partial charge in [0.1, 0.15) is 12.6 Å². The Morgan fingerprint density at radius 3 is 2.64 bits per heavy atom. The molecule has 2 aliphatic heterocycles. The minimum absolute atomic E-state index is 0.477. The van der Waals surface area contributed by atoms with Gasteiger partial charge in [-0.05, 0) is 62.2 Å². The molecule has 0 spiro atoms. The lowest BCUT2D eigenvalue weighted by atomic mass is 10.0. The number of benzene rings is 1. The van der Waals surface area contributed by atoms with Crippen LogP contribution in [0.15, 0.2) is 18.2 Å². The van der Waals surface area contributed by atoms with Crippen molar-refractivity contribution in [1.82, 2.24) is 4.90 Å². The fourth-order valence-corrected chi connectivity index (χ4v) is 4.23. The van der Waals surface area contributed by atoms with Gasteiger partial charge in [0.15, 0.2) is 5.11 Å². The van der Waals surface area contributed by atoms with Crippen molar-refractivity contribution in [1.29, 1.82) is 0 Å². The third-order valence-electron chi connectivity index (χ3n) is 5.81. The van der Waals surface area contributed by atoms with E-state index in [-0.39, 0.29) is 0 Å². The Bertz CT molecular complexity index is 593. The fourth-order valence-electron chi connectivity index (χ4n) is 3.93. The van der Waals surface area contributed by atoms with E-state index in [4.69, 9.17) is 17.0 Å². The third kappa shape index (κ3) is 4.93. The monoisotopic (exact) mass is 362 g/mol. The minimum atomic E-state index is 0.477. The molecule has 25 heavy (non-hydrogen) atoms. The third-order valence-corrected chi connectivity index (χ3v) is 6.17. The number of hydrogen-bond acceptors (Lipinski definition) is 2. The average Bonchev–Trinajstić information content (AvgIpc) is 3.11. The van der Waals surface area contributed by atoms with Crippen molar-refractivity contribution in [3.05, 3.63) is 29.3 Å². The van der Waals surface area contributed by atoms with Gasteiger partial charge < -0.3 is 19.9 Å². The number of rotatable bonds is 4. The number of quaternary nitrogens is 1. The maximum absolute atomic E-state index is 5.80. The Kier molecular flexibility index (Phi) is 6.31. The summed E-state index contributed by atoms with van der Waals surface area (Å²) in [5, 5.41) is 4.27. The predicted octanol–water partition coefficient (Wildman–Crippen LogP) is 2.16. The summed E-state index contributed by atoms with van der Waals surface area (Å²) < 4.78 is 5.80. The Labute approximate surface area is 157 Å². The number of nitrogens with one attached hydrogen (secondary N) is 2. The lowest BCUT2D eigenvalue weighted by Crippen LogP contribution is -3.14. The summed E-state index contributed by atoms with van der Waals surface area (Å²) in [6.45, 7) is 8.47. The van der Waals surface area contributed by atoms with Gasteiger partial charge >= 0.3 is 0 Å². The van der Waals surface area contributed by atoms with Gasteiger partial charge in [-0.3, -0.25) is 0 Å². The van der Waals surface area contributed by atoms with Crippen LogP contribution in [0.4, 0.5) is 5.69 Å². The molecule has 2 N–H and O–H groups in total. The van der Waals surface area contributed by atoms with Crippen molar-refractivity contribution in [2.75, 3.05) is 38.6 Å². The van der Waals surface area contributed by atoms with Crippen LogP contribution in [0.5, 0.6) is 0 Å². The van der Waals surface area contributed by atoms with Crippen LogP contribution >= 0.6 is 12.2 Å². The van der Waals surface area contributed by atoms with Gasteiger partial charge in [-0.1, -0.05) is 6.07 Å². The topological polar surface area (TPSA) is 28.9 Å². The molecular formula is C20H32N3OS+. The van der Waals surface area contributed by atoms with Crippen LogP contribution in [0.1, 0.15) is 36.8 Å². The molecule has 138 valence electrons. The van der Waals surface area contributed by atoms with E-state index < -0.39 is 0 Å². The van der Waals surface area contributed by atoms with Gasteiger partial charge in [-0.15, -0.1) is 0 Å². The molecule has 0 bridgehead atoms. The second-order valence-electron chi connectivity index (χ2n) is 7.68. The molecule has 2 saturated heterocycles. The zero-order chi connectivity index (χ0) is 17.8. The van der Waals surface area contributed by atoms with Gasteiger partial charge in [-0.2, -0.15) is 0 Å². The van der Waals surface area contributed by atoms with Crippen LogP contribution in [0.25, 0.3) is 0 Å². The summed E-state index contributed by atoms with van der Waals surface area (Å²) in [5.41, 5.74) is 3.71. The van der Waals surface area contributed by atoms with Crippen LogP contribution < -0.4 is 10.2 Å². The molecule has 0 radical (unpaired) electrons. The molecule has 2 unspecified atom stereocenters. The van der Waals surface area contributed by atoms with E-state index >= 15 is 0 Å². The van der Waals surface area contributed by atoms with E-state index in [1.54, 1.807) is 4.90 Å². The summed E-state index contributed by atoms with van der Waals surface area (Å²) >= 11 is 5.64. The Balaban J connectivity index is 1.46. The number of piperidine rings is 1. The van der Waals surface area contributed by atoms with Crippen LogP contribution in [-0.2, 0) is 4.74 Å². The SMILES string of the molecule is Cc1ccc(NC(=S)N2CCC([NH+](C)CC3CCCO3)CC2)cc1C. The number of likely N-dealkylation sites (N-methyl/N-ethyl adjacent to an activating group) is 1. The highest BCUT2D eigenvalue weighted by Crippen LogP contribution is 2.16. The molecule has 0 saturated carbocycles. The van der Waals surface area contributed by atoms with Gasteiger partial charge in [-0.25, -0.2) is 0 Å². The Hall–Kier alpha value is -1.17. The number of ether oxygens (including phenoxy) is 1. The Morgan fingerprint density at radius 1 is 1.24 bits per heavy atom. The van der Waals surface area contributed by atoms with Gasteiger partial charge in [0.2, 0.25) is 0 Å². The molecule has 3 rings (SSSR count). The van der Waals surface area contributed by atoms with Crippen LogP contribution in [0.3, 0.4) is 0 Å². The average molecular weight is 363 g/mol. The largest absolute Gasteiger partial charge is 0.372 e. The van der Waals surface area contributed by atoms with Crippen molar-refractivity contribution in [3.63, 3.8) is 0 Å². The number of thiocarbonyl (C=S) groups is 1. The summed E-state index contributed by atoms with van der Waals surface area (Å²) in [6, 6.07) is 7.16. The highest BCUT2D eigenvalue weighted by atomic mass is 32.1. The van der Waals surface area contributed by atoms with E-state index in [1.807, 2.05) is 0 Å². The lowest BCUT2D eigenvalue weighted by molar-refractivity contribution is -0.910. The maximum Gasteiger partial charge on any atom is 0.173 e. The van der Waals surface area contributed by atoms with Crippen molar-refractivity contribution in [3.8, 4) is 0 Å². The van der Waals surface area contributed by atoms with E-state index in [0.717, 1.165) is 43.1 Å². The molecule has 1 aromatic rings. The number of aryl methyl sites for hydroxylation is 2. The molecular weight excluding hydrogens is 330 g/mol. The first-order valence-corrected chi connectivity index (χ1v) is 10.0. The Morgan fingerprint density at radius 2 is 2.00 bits per heavy atom. The van der Waals surface area contributed by atoms with E-state index in [1.165, 1.54) is 36.8 Å². The molecule has 2 fully saturated rings. The quantitative estimate of drug-likeness (QED) is 0.803. The second-order valence-corrected chi connectivity index (χ2v) is 8.06. The number of hydrogen-bond donors (Lipinski definition) is 2. The highest BCUT2D eigenvalue weighted by molar-refractivity contribution is 7.80. The number of nitrogens with zero attached hydrogens (tertiary/aromatic N) is 1. The molecule has 4 nitrogen and oxygen atoms in total. The molecule has 0 aromatic heterocycles. The van der Waals surface area contributed by atoms with Crippen molar-refractivity contribution < 1.29 is 9.64 Å². The van der Waals surface area contributed by atoms with Gasteiger partial charge in [0.05, 0.1) is 13.1 Å². The normalized spacial score (nSPS) is 22.8. The lowest BCUT2D eigenvalue weighted by Gasteiger charge is -2.36. The molecule has 2 heterocycles. The molecule has 2 aliphatic rings. The fraction of sp³-hybridized carbons (Fsp3) is 0.650. The van der Waals surface area contributed by atoms with E-state index in [2.05, 4.69) is 49.3 Å². The van der Waals surface area contributed by atoms with Gasteiger partial charge in [0.25, 0.3) is 0 Å². The van der Waals surface area contributed by atoms with Crippen molar-refractivity contribution in [2.45, 2.75) is 51.7 Å². The molecule has 0 amide bonds. The minimum Gasteiger partial charge on any atom is -0.372 e. The van der Waals surface area contributed by atoms with Crippen LogP contribution in [0, 0.1) is 13.8 Å². The zero-order valence-electron chi connectivity index (χ0n) is 15.8. The maximum atomic E-state index is 5.80. The number of likely N-dealkylation sites (tertiary alicyclic amines) is 1. The number of anilines is 1. The summed E-state index contributed by atoms with van der Waals surface area (Å²) in [4.78, 5) is 3.94.